The van der Waals surface area contributed by atoms with Crippen LogP contribution in [0.5, 0.6) is 11.5 Å². The number of hydrogen-bond donors (Lipinski definition) is 0. The van der Waals surface area contributed by atoms with Gasteiger partial charge in [0.15, 0.2) is 11.5 Å². The molecule has 0 spiro atoms. The summed E-state index contributed by atoms with van der Waals surface area (Å²) >= 11 is 0. The summed E-state index contributed by atoms with van der Waals surface area (Å²) in [5.41, 5.74) is 0.694. The van der Waals surface area contributed by atoms with E-state index in [1.807, 2.05) is 20.8 Å². The maximum Gasteiger partial charge on any atom is 0.232 e. The van der Waals surface area contributed by atoms with Gasteiger partial charge < -0.3 is 14.0 Å². The summed E-state index contributed by atoms with van der Waals surface area (Å²) in [5.74, 6) is 0.541. The summed E-state index contributed by atoms with van der Waals surface area (Å²) in [4.78, 5) is 4.41. The SMILES string of the molecule is COc1cc(-c2noc(C(C)(C)C)n2)ccc1OCc1ccc(F)cc1F. The summed E-state index contributed by atoms with van der Waals surface area (Å²) < 4.78 is 43.0. The van der Waals surface area contributed by atoms with Crippen LogP contribution in [-0.4, -0.2) is 17.3 Å². The Morgan fingerprint density at radius 1 is 1.04 bits per heavy atom. The fourth-order valence-corrected chi connectivity index (χ4v) is 2.37. The van der Waals surface area contributed by atoms with E-state index in [9.17, 15) is 8.78 Å². The lowest BCUT2D eigenvalue weighted by molar-refractivity contribution is 0.279. The number of ether oxygens (including phenoxy) is 2. The molecule has 0 aliphatic rings. The molecule has 0 unspecified atom stereocenters. The van der Waals surface area contributed by atoms with Gasteiger partial charge >= 0.3 is 0 Å². The number of methoxy groups -OCH3 is 1. The minimum atomic E-state index is -0.660. The number of nitrogens with zero attached hydrogens (tertiary/aromatic N) is 2. The first-order valence-electron chi connectivity index (χ1n) is 8.37. The Kier molecular flexibility index (Phi) is 5.12. The van der Waals surface area contributed by atoms with Crippen molar-refractivity contribution in [2.75, 3.05) is 7.11 Å². The first-order chi connectivity index (χ1) is 12.8. The van der Waals surface area contributed by atoms with Gasteiger partial charge in [-0.25, -0.2) is 8.78 Å². The van der Waals surface area contributed by atoms with Crippen molar-refractivity contribution in [1.82, 2.24) is 10.1 Å². The molecule has 0 amide bonds. The lowest BCUT2D eigenvalue weighted by Gasteiger charge is -2.12. The van der Waals surface area contributed by atoms with Gasteiger partial charge in [-0.1, -0.05) is 25.9 Å². The number of aromatic nitrogens is 2. The summed E-state index contributed by atoms with van der Waals surface area (Å²) in [6.07, 6.45) is 0. The average molecular weight is 374 g/mol. The Hall–Kier alpha value is -2.96. The maximum atomic E-state index is 13.7. The summed E-state index contributed by atoms with van der Waals surface area (Å²) in [5, 5.41) is 4.00. The molecule has 0 N–H and O–H groups in total. The summed E-state index contributed by atoms with van der Waals surface area (Å²) in [7, 11) is 1.50. The predicted octanol–water partition coefficient (Wildman–Crippen LogP) is 4.90. The van der Waals surface area contributed by atoms with Crippen LogP contribution in [0.25, 0.3) is 11.4 Å². The van der Waals surface area contributed by atoms with E-state index in [1.165, 1.54) is 19.2 Å². The molecule has 27 heavy (non-hydrogen) atoms. The number of rotatable bonds is 5. The molecule has 3 aromatic rings. The Bertz CT molecular complexity index is 949. The molecule has 0 fully saturated rings. The van der Waals surface area contributed by atoms with Crippen LogP contribution in [0.15, 0.2) is 40.9 Å². The average Bonchev–Trinajstić information content (AvgIpc) is 3.11. The van der Waals surface area contributed by atoms with E-state index in [-0.39, 0.29) is 17.6 Å². The minimum absolute atomic E-state index is 0.0573. The van der Waals surface area contributed by atoms with E-state index in [1.54, 1.807) is 18.2 Å². The highest BCUT2D eigenvalue weighted by molar-refractivity contribution is 5.60. The largest absolute Gasteiger partial charge is 0.493 e. The maximum absolute atomic E-state index is 13.7. The summed E-state index contributed by atoms with van der Waals surface area (Å²) in [6.45, 7) is 5.89. The highest BCUT2D eigenvalue weighted by atomic mass is 19.1. The first-order valence-corrected chi connectivity index (χ1v) is 8.37. The van der Waals surface area contributed by atoms with Gasteiger partial charge in [0, 0.05) is 22.6 Å². The molecule has 0 saturated heterocycles. The molecule has 0 aliphatic heterocycles. The van der Waals surface area contributed by atoms with Crippen LogP contribution in [0.2, 0.25) is 0 Å². The quantitative estimate of drug-likeness (QED) is 0.636. The zero-order valence-corrected chi connectivity index (χ0v) is 15.5. The van der Waals surface area contributed by atoms with Crippen LogP contribution < -0.4 is 9.47 Å². The third kappa shape index (κ3) is 4.24. The van der Waals surface area contributed by atoms with Crippen LogP contribution >= 0.6 is 0 Å². The van der Waals surface area contributed by atoms with E-state index in [2.05, 4.69) is 10.1 Å². The van der Waals surface area contributed by atoms with Gasteiger partial charge in [0.25, 0.3) is 0 Å². The Morgan fingerprint density at radius 2 is 1.81 bits per heavy atom. The monoisotopic (exact) mass is 374 g/mol. The van der Waals surface area contributed by atoms with Crippen LogP contribution in [0.1, 0.15) is 32.2 Å². The van der Waals surface area contributed by atoms with Crippen molar-refractivity contribution in [3.63, 3.8) is 0 Å². The lowest BCUT2D eigenvalue weighted by Crippen LogP contribution is -2.11. The Labute approximate surface area is 155 Å². The molecular formula is C20H20F2N2O3. The number of benzene rings is 2. The normalized spacial score (nSPS) is 11.5. The topological polar surface area (TPSA) is 57.4 Å². The van der Waals surface area contributed by atoms with Gasteiger partial charge in [0.1, 0.15) is 18.2 Å². The molecule has 0 atom stereocenters. The van der Waals surface area contributed by atoms with Crippen molar-refractivity contribution >= 4 is 0 Å². The molecule has 2 aromatic carbocycles. The van der Waals surface area contributed by atoms with Crippen molar-refractivity contribution in [2.45, 2.75) is 32.8 Å². The zero-order chi connectivity index (χ0) is 19.6. The predicted molar refractivity (Wildman–Crippen MR) is 95.7 cm³/mol. The Balaban J connectivity index is 1.81. The van der Waals surface area contributed by atoms with Crippen LogP contribution in [0, 0.1) is 11.6 Å². The second kappa shape index (κ2) is 7.34. The molecule has 142 valence electrons. The molecular weight excluding hydrogens is 354 g/mol. The summed E-state index contributed by atoms with van der Waals surface area (Å²) in [6, 6.07) is 8.51. The molecule has 7 heteroatoms. The zero-order valence-electron chi connectivity index (χ0n) is 15.5. The molecule has 0 radical (unpaired) electrons. The smallest absolute Gasteiger partial charge is 0.232 e. The van der Waals surface area contributed by atoms with Crippen molar-refractivity contribution in [1.29, 1.82) is 0 Å². The third-order valence-electron chi connectivity index (χ3n) is 3.89. The highest BCUT2D eigenvalue weighted by Gasteiger charge is 2.22. The van der Waals surface area contributed by atoms with E-state index in [0.29, 0.717) is 28.8 Å². The second-order valence-electron chi connectivity index (χ2n) is 7.06. The highest BCUT2D eigenvalue weighted by Crippen LogP contribution is 2.33. The van der Waals surface area contributed by atoms with Gasteiger partial charge in [0.2, 0.25) is 11.7 Å². The lowest BCUT2D eigenvalue weighted by atomic mass is 9.97. The van der Waals surface area contributed by atoms with Crippen LogP contribution in [0.3, 0.4) is 0 Å². The van der Waals surface area contributed by atoms with Crippen molar-refractivity contribution < 1.29 is 22.8 Å². The van der Waals surface area contributed by atoms with Gasteiger partial charge in [0.05, 0.1) is 7.11 Å². The second-order valence-corrected chi connectivity index (χ2v) is 7.06. The van der Waals surface area contributed by atoms with E-state index < -0.39 is 11.6 Å². The van der Waals surface area contributed by atoms with Crippen molar-refractivity contribution in [3.05, 3.63) is 59.5 Å². The first kappa shape index (κ1) is 18.8. The van der Waals surface area contributed by atoms with Crippen LogP contribution in [0.4, 0.5) is 8.78 Å². The van der Waals surface area contributed by atoms with Gasteiger partial charge in [-0.3, -0.25) is 0 Å². The van der Waals surface area contributed by atoms with Crippen LogP contribution in [-0.2, 0) is 12.0 Å². The molecule has 1 aromatic heterocycles. The molecule has 3 rings (SSSR count). The fourth-order valence-electron chi connectivity index (χ4n) is 2.37. The fraction of sp³-hybridized carbons (Fsp3) is 0.300. The standard InChI is InChI=1S/C20H20F2N2O3/c1-20(2,3)19-23-18(24-27-19)12-6-8-16(17(9-12)25-4)26-11-13-5-7-14(21)10-15(13)22/h5-10H,11H2,1-4H3. The van der Waals surface area contributed by atoms with E-state index in [0.717, 1.165) is 6.07 Å². The third-order valence-corrected chi connectivity index (χ3v) is 3.89. The molecule has 0 aliphatic carbocycles. The number of halogens is 2. The minimum Gasteiger partial charge on any atom is -0.493 e. The van der Waals surface area contributed by atoms with E-state index >= 15 is 0 Å². The van der Waals surface area contributed by atoms with Gasteiger partial charge in [-0.15, -0.1) is 0 Å². The van der Waals surface area contributed by atoms with Crippen molar-refractivity contribution in [2.24, 2.45) is 0 Å². The van der Waals surface area contributed by atoms with Gasteiger partial charge in [-0.05, 0) is 30.3 Å². The van der Waals surface area contributed by atoms with Gasteiger partial charge in [-0.2, -0.15) is 4.98 Å². The van der Waals surface area contributed by atoms with Crippen molar-refractivity contribution in [3.8, 4) is 22.9 Å². The number of hydrogen-bond acceptors (Lipinski definition) is 5. The molecule has 0 saturated carbocycles. The van der Waals surface area contributed by atoms with E-state index in [4.69, 9.17) is 14.0 Å². The molecule has 5 nitrogen and oxygen atoms in total. The molecule has 0 bridgehead atoms. The Morgan fingerprint density at radius 3 is 2.44 bits per heavy atom. The molecule has 1 heterocycles.